The predicted octanol–water partition coefficient (Wildman–Crippen LogP) is 3.18. The first-order valence-electron chi connectivity index (χ1n) is 11.4. The largest absolute Gasteiger partial charge is 0.481 e. The number of aromatic nitrogens is 2. The highest BCUT2D eigenvalue weighted by Gasteiger charge is 2.46. The minimum Gasteiger partial charge on any atom is -0.481 e. The molecule has 0 saturated heterocycles. The second-order valence-electron chi connectivity index (χ2n) is 9.56. The molecule has 2 aromatic rings. The van der Waals surface area contributed by atoms with Gasteiger partial charge in [-0.25, -0.2) is 18.4 Å². The van der Waals surface area contributed by atoms with Gasteiger partial charge in [-0.1, -0.05) is 12.1 Å². The molecule has 0 atom stereocenters. The topological polar surface area (TPSA) is 136 Å². The lowest BCUT2D eigenvalue weighted by Gasteiger charge is -2.51. The molecule has 2 fully saturated rings. The molecule has 2 heterocycles. The number of carbonyl (C=O) groups is 1. The number of nitrogens with zero attached hydrogens (tertiary/aromatic N) is 3. The van der Waals surface area contributed by atoms with Gasteiger partial charge in [-0.05, 0) is 73.5 Å². The van der Waals surface area contributed by atoms with Gasteiger partial charge in [-0.15, -0.1) is 0 Å². The molecule has 0 radical (unpaired) electrons. The number of benzene rings is 1. The van der Waals surface area contributed by atoms with Crippen LogP contribution in [0.15, 0.2) is 35.5 Å². The van der Waals surface area contributed by atoms with Crippen molar-refractivity contribution in [3.8, 4) is 5.88 Å². The Morgan fingerprint density at radius 1 is 1.18 bits per heavy atom. The number of sulfonamides is 1. The van der Waals surface area contributed by atoms with Crippen LogP contribution in [0.1, 0.15) is 56.4 Å². The van der Waals surface area contributed by atoms with E-state index in [1.54, 1.807) is 0 Å². The number of hydrogen-bond donors (Lipinski definition) is 2. The fraction of sp³-hybridized carbons (Fsp3) is 0.522. The molecule has 1 spiro atoms. The number of fused-ring (bicyclic) bond motifs is 1. The number of aliphatic carboxylic acids is 1. The second kappa shape index (κ2) is 8.16. The Hall–Kier alpha value is -2.88. The van der Waals surface area contributed by atoms with Crippen LogP contribution in [-0.4, -0.2) is 42.6 Å². The van der Waals surface area contributed by atoms with Crippen LogP contribution in [0.2, 0.25) is 0 Å². The van der Waals surface area contributed by atoms with E-state index in [4.69, 9.17) is 15.6 Å². The van der Waals surface area contributed by atoms with Crippen molar-refractivity contribution >= 4 is 27.5 Å². The van der Waals surface area contributed by atoms with Gasteiger partial charge in [0.2, 0.25) is 5.88 Å². The highest BCUT2D eigenvalue weighted by atomic mass is 32.2. The number of rotatable bonds is 4. The van der Waals surface area contributed by atoms with Crippen molar-refractivity contribution < 1.29 is 23.1 Å². The van der Waals surface area contributed by atoms with E-state index in [1.807, 2.05) is 24.3 Å². The van der Waals surface area contributed by atoms with Gasteiger partial charge in [0.25, 0.3) is 10.0 Å². The van der Waals surface area contributed by atoms with Gasteiger partial charge in [-0.3, -0.25) is 9.10 Å². The molecular formula is C23H28N4O5S. The minimum absolute atomic E-state index is 0.0145. The zero-order valence-electron chi connectivity index (χ0n) is 18.3. The standard InChI is InChI=1S/C23H28N4O5S/c24-21-20-22(26-14-25-21)32-10-9-27(33(20,30)31)18-3-1-16(2-4-18)17-5-7-23(8-6-17)12-15(13-23)11-19(28)29/h1-4,14-15,17H,5-13H2,(H,28,29)(H2,24,25,26). The molecular weight excluding hydrogens is 444 g/mol. The maximum Gasteiger partial charge on any atom is 0.303 e. The van der Waals surface area contributed by atoms with E-state index in [2.05, 4.69) is 9.97 Å². The van der Waals surface area contributed by atoms with Crippen molar-refractivity contribution in [2.45, 2.75) is 55.8 Å². The lowest BCUT2D eigenvalue weighted by molar-refractivity contribution is -0.140. The van der Waals surface area contributed by atoms with Crippen molar-refractivity contribution in [3.05, 3.63) is 36.2 Å². The smallest absolute Gasteiger partial charge is 0.303 e. The van der Waals surface area contributed by atoms with Crippen molar-refractivity contribution in [2.75, 3.05) is 23.2 Å². The van der Waals surface area contributed by atoms with Crippen LogP contribution in [0.5, 0.6) is 5.88 Å². The monoisotopic (exact) mass is 472 g/mol. The van der Waals surface area contributed by atoms with E-state index < -0.39 is 16.0 Å². The summed E-state index contributed by atoms with van der Waals surface area (Å²) in [6.45, 7) is 0.318. The second-order valence-corrected chi connectivity index (χ2v) is 11.4. The molecule has 3 N–H and O–H groups in total. The molecule has 0 amide bonds. The molecule has 3 aliphatic rings. The number of ether oxygens (including phenoxy) is 1. The van der Waals surface area contributed by atoms with Crippen LogP contribution in [0.25, 0.3) is 0 Å². The third-order valence-electron chi connectivity index (χ3n) is 7.49. The van der Waals surface area contributed by atoms with Gasteiger partial charge in [0, 0.05) is 6.42 Å². The van der Waals surface area contributed by atoms with Gasteiger partial charge in [0.1, 0.15) is 12.9 Å². The summed E-state index contributed by atoms with van der Waals surface area (Å²) >= 11 is 0. The SMILES string of the molecule is Nc1ncnc2c1S(=O)(=O)N(c1ccc(C3CCC4(CC3)CC(CC(=O)O)C4)cc1)CCO2. The van der Waals surface area contributed by atoms with Crippen LogP contribution < -0.4 is 14.8 Å². The average Bonchev–Trinajstić information content (AvgIpc) is 2.89. The number of carboxylic acids is 1. The number of nitrogen functional groups attached to an aromatic ring is 1. The molecule has 10 heteroatoms. The Balaban J connectivity index is 1.28. The van der Waals surface area contributed by atoms with Gasteiger partial charge in [0.15, 0.2) is 10.7 Å². The summed E-state index contributed by atoms with van der Waals surface area (Å²) in [7, 11) is -3.95. The summed E-state index contributed by atoms with van der Waals surface area (Å²) in [5.74, 6) is -0.0552. The molecule has 33 heavy (non-hydrogen) atoms. The Labute approximate surface area is 193 Å². The van der Waals surface area contributed by atoms with Crippen molar-refractivity contribution in [1.82, 2.24) is 9.97 Å². The third-order valence-corrected chi connectivity index (χ3v) is 9.36. The quantitative estimate of drug-likeness (QED) is 0.692. The zero-order chi connectivity index (χ0) is 23.2. The van der Waals surface area contributed by atoms with E-state index in [0.717, 1.165) is 38.5 Å². The van der Waals surface area contributed by atoms with E-state index in [9.17, 15) is 13.2 Å². The number of anilines is 2. The zero-order valence-corrected chi connectivity index (χ0v) is 19.1. The van der Waals surface area contributed by atoms with Gasteiger partial charge >= 0.3 is 5.97 Å². The first kappa shape index (κ1) is 21.9. The molecule has 2 aliphatic carbocycles. The normalized spacial score (nSPS) is 28.3. The summed E-state index contributed by atoms with van der Waals surface area (Å²) < 4.78 is 33.4. The van der Waals surface area contributed by atoms with Gasteiger partial charge in [0.05, 0.1) is 12.2 Å². The van der Waals surface area contributed by atoms with Gasteiger partial charge in [-0.2, -0.15) is 0 Å². The van der Waals surface area contributed by atoms with Crippen LogP contribution in [-0.2, 0) is 14.8 Å². The molecule has 1 aromatic heterocycles. The molecule has 0 unspecified atom stereocenters. The highest BCUT2D eigenvalue weighted by molar-refractivity contribution is 7.93. The summed E-state index contributed by atoms with van der Waals surface area (Å²) in [5, 5.41) is 8.99. The molecule has 9 nitrogen and oxygen atoms in total. The van der Waals surface area contributed by atoms with Crippen molar-refractivity contribution in [2.24, 2.45) is 11.3 Å². The van der Waals surface area contributed by atoms with Crippen LogP contribution >= 0.6 is 0 Å². The molecule has 1 aromatic carbocycles. The Bertz CT molecular complexity index is 1150. The molecule has 5 rings (SSSR count). The Morgan fingerprint density at radius 2 is 1.88 bits per heavy atom. The summed E-state index contributed by atoms with van der Waals surface area (Å²) in [4.78, 5) is 18.5. The Kier molecular flexibility index (Phi) is 5.43. The van der Waals surface area contributed by atoms with E-state index in [1.165, 1.54) is 16.2 Å². The number of nitrogens with two attached hydrogens (primary N) is 1. The lowest BCUT2D eigenvalue weighted by Crippen LogP contribution is -2.40. The summed E-state index contributed by atoms with van der Waals surface area (Å²) in [6.07, 6.45) is 7.97. The van der Waals surface area contributed by atoms with Crippen molar-refractivity contribution in [3.63, 3.8) is 0 Å². The fourth-order valence-electron chi connectivity index (χ4n) is 5.88. The average molecular weight is 473 g/mol. The van der Waals surface area contributed by atoms with E-state index >= 15 is 0 Å². The van der Waals surface area contributed by atoms with Crippen LogP contribution in [0.3, 0.4) is 0 Å². The third kappa shape index (κ3) is 4.01. The van der Waals surface area contributed by atoms with Crippen molar-refractivity contribution in [1.29, 1.82) is 0 Å². The molecule has 0 bridgehead atoms. The van der Waals surface area contributed by atoms with Gasteiger partial charge < -0.3 is 15.6 Å². The highest BCUT2D eigenvalue weighted by Crippen LogP contribution is 2.57. The summed E-state index contributed by atoms with van der Waals surface area (Å²) in [6, 6.07) is 7.71. The number of hydrogen-bond acceptors (Lipinski definition) is 7. The first-order valence-corrected chi connectivity index (χ1v) is 12.8. The molecule has 176 valence electrons. The van der Waals surface area contributed by atoms with E-state index in [0.29, 0.717) is 29.4 Å². The maximum atomic E-state index is 13.3. The van der Waals surface area contributed by atoms with Crippen LogP contribution in [0.4, 0.5) is 11.5 Å². The number of carboxylic acid groups (broad SMARTS) is 1. The maximum absolute atomic E-state index is 13.3. The van der Waals surface area contributed by atoms with Crippen LogP contribution in [0, 0.1) is 11.3 Å². The fourth-order valence-corrected chi connectivity index (χ4v) is 7.46. The lowest BCUT2D eigenvalue weighted by atomic mass is 9.53. The Morgan fingerprint density at radius 3 is 2.55 bits per heavy atom. The molecule has 2 saturated carbocycles. The van der Waals surface area contributed by atoms with E-state index in [-0.39, 0.29) is 29.7 Å². The first-order chi connectivity index (χ1) is 15.8. The minimum atomic E-state index is -3.95. The molecule has 1 aliphatic heterocycles. The predicted molar refractivity (Wildman–Crippen MR) is 122 cm³/mol. The summed E-state index contributed by atoms with van der Waals surface area (Å²) in [5.41, 5.74) is 7.96.